The molecule has 0 saturated heterocycles. The maximum atomic E-state index is 13.2. The lowest BCUT2D eigenvalue weighted by Gasteiger charge is -2.08. The van der Waals surface area contributed by atoms with Gasteiger partial charge >= 0.3 is 0 Å². The van der Waals surface area contributed by atoms with Gasteiger partial charge in [0.25, 0.3) is 5.56 Å². The van der Waals surface area contributed by atoms with Crippen molar-refractivity contribution < 1.29 is 9.47 Å². The van der Waals surface area contributed by atoms with Crippen molar-refractivity contribution in [3.63, 3.8) is 0 Å². The largest absolute Gasteiger partial charge is 0.497 e. The molecule has 0 aliphatic carbocycles. The maximum Gasteiger partial charge on any atom is 0.274 e. The van der Waals surface area contributed by atoms with Crippen LogP contribution in [-0.4, -0.2) is 27.7 Å². The van der Waals surface area contributed by atoms with Gasteiger partial charge in [-0.2, -0.15) is 0 Å². The second-order valence-electron chi connectivity index (χ2n) is 8.31. The Morgan fingerprint density at radius 1 is 0.943 bits per heavy atom. The Hall–Kier alpha value is -4.10. The molecule has 35 heavy (non-hydrogen) atoms. The number of fused-ring (bicyclic) bond motifs is 4. The number of methoxy groups -OCH3 is 1. The topological polar surface area (TPSA) is 57.8 Å². The van der Waals surface area contributed by atoms with Gasteiger partial charge in [0.1, 0.15) is 11.5 Å². The quantitative estimate of drug-likeness (QED) is 0.305. The van der Waals surface area contributed by atoms with E-state index < -0.39 is 0 Å². The highest BCUT2D eigenvalue weighted by molar-refractivity contribution is 7.15. The molecule has 7 heteroatoms. The number of benzene rings is 3. The van der Waals surface area contributed by atoms with Gasteiger partial charge in [0.05, 0.1) is 29.3 Å². The summed E-state index contributed by atoms with van der Waals surface area (Å²) < 4.78 is 15.7. The zero-order valence-electron chi connectivity index (χ0n) is 19.2. The molecule has 0 fully saturated rings. The molecule has 0 amide bonds. The molecule has 0 radical (unpaired) electrons. The number of hydrogen-bond donors (Lipinski definition) is 0. The van der Waals surface area contributed by atoms with E-state index in [0.717, 1.165) is 56.9 Å². The normalized spacial score (nSPS) is 12.2. The van der Waals surface area contributed by atoms with Gasteiger partial charge in [0, 0.05) is 29.2 Å². The Bertz CT molecular complexity index is 1760. The third-order valence-corrected chi connectivity index (χ3v) is 7.09. The van der Waals surface area contributed by atoms with Crippen LogP contribution in [0.15, 0.2) is 83.8 Å². The maximum absolute atomic E-state index is 13.2. The highest BCUT2D eigenvalue weighted by Gasteiger charge is 2.12. The number of hydrogen-bond acceptors (Lipinski definition) is 5. The Kier molecular flexibility index (Phi) is 5.47. The van der Waals surface area contributed by atoms with Crippen molar-refractivity contribution >= 4 is 44.3 Å². The first-order valence-corrected chi connectivity index (χ1v) is 12.3. The Balaban J connectivity index is 1.27. The van der Waals surface area contributed by atoms with Gasteiger partial charge in [-0.25, -0.2) is 9.38 Å². The van der Waals surface area contributed by atoms with E-state index >= 15 is 0 Å². The van der Waals surface area contributed by atoms with Crippen LogP contribution in [0, 0.1) is 0 Å². The van der Waals surface area contributed by atoms with E-state index in [1.54, 1.807) is 11.5 Å². The van der Waals surface area contributed by atoms with E-state index in [1.807, 2.05) is 66.7 Å². The van der Waals surface area contributed by atoms with Crippen molar-refractivity contribution in [3.05, 3.63) is 99.4 Å². The van der Waals surface area contributed by atoms with E-state index in [9.17, 15) is 4.79 Å². The molecule has 0 saturated carbocycles. The fourth-order valence-corrected chi connectivity index (χ4v) is 5.40. The summed E-state index contributed by atoms with van der Waals surface area (Å²) in [5.41, 5.74) is 3.84. The molecule has 0 unspecified atom stereocenters. The van der Waals surface area contributed by atoms with Gasteiger partial charge in [-0.1, -0.05) is 41.7 Å². The SMILES string of the molecule is COc1ccc(OCCCn2cc(/C=c3\sc4nc5ccccc5n4c3=O)c3ccccc32)cc1. The molecule has 3 aromatic heterocycles. The van der Waals surface area contributed by atoms with Gasteiger partial charge in [-0.05, 0) is 55.0 Å². The van der Waals surface area contributed by atoms with Crippen molar-refractivity contribution in [2.24, 2.45) is 0 Å². The molecule has 6 rings (SSSR count). The first-order chi connectivity index (χ1) is 17.2. The Morgan fingerprint density at radius 3 is 2.51 bits per heavy atom. The fraction of sp³-hybridized carbons (Fsp3) is 0.143. The smallest absolute Gasteiger partial charge is 0.274 e. The minimum atomic E-state index is -0.0246. The number of ether oxygens (including phenoxy) is 2. The Morgan fingerprint density at radius 2 is 1.69 bits per heavy atom. The third kappa shape index (κ3) is 3.94. The molecule has 174 valence electrons. The van der Waals surface area contributed by atoms with E-state index in [0.29, 0.717) is 11.1 Å². The highest BCUT2D eigenvalue weighted by atomic mass is 32.1. The molecule has 6 aromatic rings. The molecule has 3 aromatic carbocycles. The number of para-hydroxylation sites is 3. The number of rotatable bonds is 7. The lowest BCUT2D eigenvalue weighted by Crippen LogP contribution is -2.22. The van der Waals surface area contributed by atoms with Crippen LogP contribution in [-0.2, 0) is 6.54 Å². The average molecular weight is 482 g/mol. The number of aromatic nitrogens is 3. The third-order valence-electron chi connectivity index (χ3n) is 6.12. The summed E-state index contributed by atoms with van der Waals surface area (Å²) in [5.74, 6) is 1.64. The number of aryl methyl sites for hydroxylation is 1. The molecule has 0 spiro atoms. The zero-order chi connectivity index (χ0) is 23.8. The van der Waals surface area contributed by atoms with Crippen LogP contribution in [0.3, 0.4) is 0 Å². The molecule has 0 atom stereocenters. The first-order valence-electron chi connectivity index (χ1n) is 11.5. The van der Waals surface area contributed by atoms with Crippen LogP contribution in [0.1, 0.15) is 12.0 Å². The molecule has 0 aliphatic heterocycles. The van der Waals surface area contributed by atoms with Crippen LogP contribution in [0.2, 0.25) is 0 Å². The minimum absolute atomic E-state index is 0.0246. The van der Waals surface area contributed by atoms with Gasteiger partial charge in [-0.15, -0.1) is 0 Å². The Labute approximate surface area is 205 Å². The molecule has 6 nitrogen and oxygen atoms in total. The average Bonchev–Trinajstić information content (AvgIpc) is 3.53. The van der Waals surface area contributed by atoms with Crippen molar-refractivity contribution in [1.82, 2.24) is 14.0 Å². The lowest BCUT2D eigenvalue weighted by molar-refractivity contribution is 0.302. The predicted octanol–water partition coefficient (Wildman–Crippen LogP) is 4.89. The zero-order valence-corrected chi connectivity index (χ0v) is 20.0. The summed E-state index contributed by atoms with van der Waals surface area (Å²) in [4.78, 5) is 18.6. The molecule has 0 N–H and O–H groups in total. The number of thiazole rings is 1. The number of nitrogens with zero attached hydrogens (tertiary/aromatic N) is 3. The van der Waals surface area contributed by atoms with Gasteiger partial charge < -0.3 is 14.0 Å². The lowest BCUT2D eigenvalue weighted by atomic mass is 10.2. The van der Waals surface area contributed by atoms with E-state index in [1.165, 1.54) is 11.3 Å². The first kappa shape index (κ1) is 21.4. The summed E-state index contributed by atoms with van der Waals surface area (Å²) in [6.45, 7) is 1.42. The van der Waals surface area contributed by atoms with Crippen LogP contribution in [0.25, 0.3) is 33.0 Å². The summed E-state index contributed by atoms with van der Waals surface area (Å²) in [7, 11) is 1.65. The van der Waals surface area contributed by atoms with Crippen molar-refractivity contribution in [2.75, 3.05) is 13.7 Å². The van der Waals surface area contributed by atoms with Crippen LogP contribution < -0.4 is 19.6 Å². The van der Waals surface area contributed by atoms with Crippen LogP contribution in [0.5, 0.6) is 11.5 Å². The van der Waals surface area contributed by atoms with Crippen molar-refractivity contribution in [3.8, 4) is 11.5 Å². The number of imidazole rings is 1. The summed E-state index contributed by atoms with van der Waals surface area (Å²) >= 11 is 1.43. The molecule has 0 aliphatic rings. The molecular weight excluding hydrogens is 458 g/mol. The van der Waals surface area contributed by atoms with E-state index in [4.69, 9.17) is 9.47 Å². The highest BCUT2D eigenvalue weighted by Crippen LogP contribution is 2.23. The van der Waals surface area contributed by atoms with Crippen molar-refractivity contribution in [1.29, 1.82) is 0 Å². The second-order valence-corrected chi connectivity index (χ2v) is 9.32. The monoisotopic (exact) mass is 481 g/mol. The van der Waals surface area contributed by atoms with Gasteiger partial charge in [0.15, 0.2) is 4.96 Å². The summed E-state index contributed by atoms with van der Waals surface area (Å²) in [6.07, 6.45) is 4.97. The predicted molar refractivity (Wildman–Crippen MR) is 141 cm³/mol. The molecular formula is C28H23N3O3S. The standard InChI is InChI=1S/C28H23N3O3S/c1-33-20-11-13-21(14-12-20)34-16-6-15-30-18-19(22-7-2-4-9-24(22)30)17-26-27(32)31-25-10-5-3-8-23(25)29-28(31)35-26/h2-5,7-14,17-18H,6,15-16H2,1H3/b26-17-. The van der Waals surface area contributed by atoms with Crippen molar-refractivity contribution in [2.45, 2.75) is 13.0 Å². The molecule has 3 heterocycles. The van der Waals surface area contributed by atoms with Gasteiger partial charge in [-0.3, -0.25) is 4.79 Å². The van der Waals surface area contributed by atoms with E-state index in [-0.39, 0.29) is 5.56 Å². The fourth-order valence-electron chi connectivity index (χ4n) is 4.43. The summed E-state index contributed by atoms with van der Waals surface area (Å²) in [6, 6.07) is 23.7. The van der Waals surface area contributed by atoms with Gasteiger partial charge in [0.2, 0.25) is 0 Å². The molecule has 0 bridgehead atoms. The minimum Gasteiger partial charge on any atom is -0.497 e. The second kappa shape index (κ2) is 8.92. The van der Waals surface area contributed by atoms with Crippen LogP contribution in [0.4, 0.5) is 0 Å². The van der Waals surface area contributed by atoms with Crippen LogP contribution >= 0.6 is 11.3 Å². The van der Waals surface area contributed by atoms with E-state index in [2.05, 4.69) is 27.9 Å². The summed E-state index contributed by atoms with van der Waals surface area (Å²) in [5, 5.41) is 1.12.